The Morgan fingerprint density at radius 1 is 1.26 bits per heavy atom. The maximum atomic E-state index is 12.9. The fourth-order valence-electron chi connectivity index (χ4n) is 3.78. The van der Waals surface area contributed by atoms with E-state index in [1.165, 1.54) is 13.1 Å². The maximum Gasteiger partial charge on any atom is 0.333 e. The summed E-state index contributed by atoms with van der Waals surface area (Å²) in [6, 6.07) is 7.97. The SMILES string of the molecule is C=CC(=O)OCCn1c(=O)c(C=C=C2N(C)c3ccccc3C2(C)C)c(O)n(C)c1=O. The molecule has 162 valence electrons. The van der Waals surface area contributed by atoms with Crippen molar-refractivity contribution in [3.8, 4) is 5.88 Å². The van der Waals surface area contributed by atoms with E-state index in [9.17, 15) is 19.5 Å². The lowest BCUT2D eigenvalue weighted by Gasteiger charge is -2.21. The Morgan fingerprint density at radius 2 is 1.94 bits per heavy atom. The van der Waals surface area contributed by atoms with Crippen molar-refractivity contribution in [2.24, 2.45) is 7.05 Å². The fraction of sp³-hybridized carbons (Fsp3) is 0.304. The van der Waals surface area contributed by atoms with Crippen molar-refractivity contribution >= 4 is 17.7 Å². The van der Waals surface area contributed by atoms with Crippen molar-refractivity contribution in [3.63, 3.8) is 0 Å². The number of likely N-dealkylation sites (N-methyl/N-ethyl adjacent to an activating group) is 1. The Labute approximate surface area is 179 Å². The number of benzene rings is 1. The Balaban J connectivity index is 2.09. The second kappa shape index (κ2) is 8.16. The van der Waals surface area contributed by atoms with E-state index in [2.05, 4.69) is 26.2 Å². The highest BCUT2D eigenvalue weighted by atomic mass is 16.5. The number of allylic oxidation sites excluding steroid dienone is 1. The number of carbonyl (C=O) groups is 1. The van der Waals surface area contributed by atoms with Crippen LogP contribution in [0.15, 0.2) is 57.9 Å². The van der Waals surface area contributed by atoms with Crippen molar-refractivity contribution in [2.45, 2.75) is 25.8 Å². The molecular weight excluding hydrogens is 398 g/mol. The second-order valence-electron chi connectivity index (χ2n) is 7.75. The van der Waals surface area contributed by atoms with Crippen LogP contribution in [0.5, 0.6) is 5.88 Å². The minimum Gasteiger partial charge on any atom is -0.494 e. The molecule has 31 heavy (non-hydrogen) atoms. The molecule has 0 fully saturated rings. The van der Waals surface area contributed by atoms with Gasteiger partial charge in [0.25, 0.3) is 5.56 Å². The summed E-state index contributed by atoms with van der Waals surface area (Å²) in [6.45, 7) is 7.07. The van der Waals surface area contributed by atoms with E-state index < -0.39 is 23.1 Å². The molecule has 0 atom stereocenters. The van der Waals surface area contributed by atoms with Gasteiger partial charge in [0.15, 0.2) is 0 Å². The molecule has 3 rings (SSSR count). The Hall–Kier alpha value is -3.77. The number of esters is 1. The summed E-state index contributed by atoms with van der Waals surface area (Å²) >= 11 is 0. The van der Waals surface area contributed by atoms with Gasteiger partial charge in [-0.1, -0.05) is 30.5 Å². The number of fused-ring (bicyclic) bond motifs is 1. The van der Waals surface area contributed by atoms with Gasteiger partial charge >= 0.3 is 11.7 Å². The number of aromatic hydroxyl groups is 1. The zero-order valence-corrected chi connectivity index (χ0v) is 18.0. The van der Waals surface area contributed by atoms with E-state index in [0.29, 0.717) is 0 Å². The van der Waals surface area contributed by atoms with Crippen molar-refractivity contribution in [1.82, 2.24) is 9.13 Å². The van der Waals surface area contributed by atoms with Gasteiger partial charge in [0.05, 0.1) is 12.2 Å². The van der Waals surface area contributed by atoms with Gasteiger partial charge < -0.3 is 14.7 Å². The van der Waals surface area contributed by atoms with Crippen LogP contribution in [-0.2, 0) is 28.5 Å². The normalized spacial score (nSPS) is 14.1. The standard InChI is InChI=1S/C23H25N3O5/c1-6-19(27)31-14-13-26-21(29)15(20(28)25(5)22(26)30)11-12-18-23(2,3)16-9-7-8-10-17(16)24(18)4/h6-11,28H,1,13-14H2,2-5H3. The molecule has 0 bridgehead atoms. The van der Waals surface area contributed by atoms with E-state index >= 15 is 0 Å². The van der Waals surface area contributed by atoms with E-state index in [1.54, 1.807) is 0 Å². The maximum absolute atomic E-state index is 12.9. The molecule has 0 unspecified atom stereocenters. The third-order valence-corrected chi connectivity index (χ3v) is 5.50. The van der Waals surface area contributed by atoms with Crippen LogP contribution in [0.1, 0.15) is 25.0 Å². The first-order chi connectivity index (χ1) is 14.6. The lowest BCUT2D eigenvalue weighted by Crippen LogP contribution is -2.41. The van der Waals surface area contributed by atoms with Crippen LogP contribution in [0.25, 0.3) is 6.08 Å². The van der Waals surface area contributed by atoms with Crippen molar-refractivity contribution in [2.75, 3.05) is 18.6 Å². The summed E-state index contributed by atoms with van der Waals surface area (Å²) in [5.41, 5.74) is 4.27. The van der Waals surface area contributed by atoms with Gasteiger partial charge in [0.1, 0.15) is 12.2 Å². The Bertz CT molecular complexity index is 1240. The highest BCUT2D eigenvalue weighted by Gasteiger charge is 2.38. The van der Waals surface area contributed by atoms with Crippen LogP contribution in [0, 0.1) is 0 Å². The number of anilines is 1. The summed E-state index contributed by atoms with van der Waals surface area (Å²) in [5, 5.41) is 10.4. The number of ether oxygens (including phenoxy) is 1. The molecule has 1 aromatic carbocycles. The van der Waals surface area contributed by atoms with Crippen LogP contribution in [0.3, 0.4) is 0 Å². The Kier molecular flexibility index (Phi) is 5.77. The fourth-order valence-corrected chi connectivity index (χ4v) is 3.78. The summed E-state index contributed by atoms with van der Waals surface area (Å²) in [5.74, 6) is -1.11. The number of aromatic nitrogens is 2. The summed E-state index contributed by atoms with van der Waals surface area (Å²) < 4.78 is 6.74. The average molecular weight is 423 g/mol. The van der Waals surface area contributed by atoms with Gasteiger partial charge in [0, 0.05) is 37.3 Å². The first-order valence-electron chi connectivity index (χ1n) is 9.73. The molecule has 0 amide bonds. The van der Waals surface area contributed by atoms with Crippen LogP contribution in [0.4, 0.5) is 5.69 Å². The molecule has 1 aromatic heterocycles. The lowest BCUT2D eigenvalue weighted by atomic mass is 9.84. The molecule has 0 aliphatic carbocycles. The predicted molar refractivity (Wildman–Crippen MR) is 118 cm³/mol. The van der Waals surface area contributed by atoms with Gasteiger partial charge in [-0.15, -0.1) is 0 Å². The van der Waals surface area contributed by atoms with E-state index in [-0.39, 0.29) is 24.1 Å². The number of carbonyl (C=O) groups excluding carboxylic acids is 1. The summed E-state index contributed by atoms with van der Waals surface area (Å²) in [6.07, 6.45) is 2.39. The molecule has 1 aliphatic rings. The zero-order chi connectivity index (χ0) is 22.9. The third-order valence-electron chi connectivity index (χ3n) is 5.50. The summed E-state index contributed by atoms with van der Waals surface area (Å²) in [4.78, 5) is 38.5. The third kappa shape index (κ3) is 3.73. The van der Waals surface area contributed by atoms with E-state index in [4.69, 9.17) is 4.74 Å². The van der Waals surface area contributed by atoms with E-state index in [1.807, 2.05) is 36.2 Å². The number of hydrogen-bond acceptors (Lipinski definition) is 6. The largest absolute Gasteiger partial charge is 0.494 e. The molecular formula is C23H25N3O5. The summed E-state index contributed by atoms with van der Waals surface area (Å²) in [7, 11) is 3.27. The highest BCUT2D eigenvalue weighted by Crippen LogP contribution is 2.46. The lowest BCUT2D eigenvalue weighted by molar-refractivity contribution is -0.138. The molecule has 2 aromatic rings. The smallest absolute Gasteiger partial charge is 0.333 e. The molecule has 0 saturated carbocycles. The van der Waals surface area contributed by atoms with Crippen LogP contribution >= 0.6 is 0 Å². The van der Waals surface area contributed by atoms with Gasteiger partial charge in [-0.2, -0.15) is 0 Å². The number of para-hydroxylation sites is 1. The van der Waals surface area contributed by atoms with Gasteiger partial charge in [-0.25, -0.2) is 9.59 Å². The van der Waals surface area contributed by atoms with Crippen molar-refractivity contribution in [1.29, 1.82) is 0 Å². The van der Waals surface area contributed by atoms with Gasteiger partial charge in [-0.05, 0) is 25.5 Å². The molecule has 0 radical (unpaired) electrons. The number of hydrogen-bond donors (Lipinski definition) is 1. The molecule has 2 heterocycles. The number of rotatable bonds is 5. The molecule has 1 aliphatic heterocycles. The zero-order valence-electron chi connectivity index (χ0n) is 18.0. The van der Waals surface area contributed by atoms with Crippen LogP contribution < -0.4 is 16.1 Å². The molecule has 8 heteroatoms. The van der Waals surface area contributed by atoms with Gasteiger partial charge in [0.2, 0.25) is 5.88 Å². The monoisotopic (exact) mass is 423 g/mol. The molecule has 0 saturated heterocycles. The second-order valence-corrected chi connectivity index (χ2v) is 7.75. The topological polar surface area (TPSA) is 93.8 Å². The quantitative estimate of drug-likeness (QED) is 0.449. The van der Waals surface area contributed by atoms with Crippen LogP contribution in [-0.4, -0.2) is 33.9 Å². The highest BCUT2D eigenvalue weighted by molar-refractivity contribution is 5.81. The predicted octanol–water partition coefficient (Wildman–Crippen LogP) is 1.91. The minimum absolute atomic E-state index is 0.0789. The molecule has 8 nitrogen and oxygen atoms in total. The molecule has 0 spiro atoms. The molecule has 1 N–H and O–H groups in total. The van der Waals surface area contributed by atoms with Gasteiger partial charge in [-0.3, -0.25) is 13.9 Å². The van der Waals surface area contributed by atoms with Crippen LogP contribution in [0.2, 0.25) is 0 Å². The average Bonchev–Trinajstić information content (AvgIpc) is 2.95. The first-order valence-corrected chi connectivity index (χ1v) is 9.73. The minimum atomic E-state index is -0.715. The number of nitrogens with zero attached hydrogens (tertiary/aromatic N) is 3. The van der Waals surface area contributed by atoms with E-state index in [0.717, 1.165) is 32.2 Å². The first kappa shape index (κ1) is 21.9. The Morgan fingerprint density at radius 3 is 2.58 bits per heavy atom. The van der Waals surface area contributed by atoms with Crippen molar-refractivity contribution < 1.29 is 14.6 Å². The van der Waals surface area contributed by atoms with Crippen molar-refractivity contribution in [3.05, 3.63) is 80.3 Å².